The van der Waals surface area contributed by atoms with Gasteiger partial charge in [-0.25, -0.2) is 0 Å². The maximum Gasteiger partial charge on any atom is 0.264 e. The van der Waals surface area contributed by atoms with Crippen LogP contribution in [-0.2, 0) is 6.54 Å². The van der Waals surface area contributed by atoms with E-state index in [-0.39, 0.29) is 5.91 Å². The van der Waals surface area contributed by atoms with E-state index in [1.165, 1.54) is 11.3 Å². The Labute approximate surface area is 153 Å². The first-order chi connectivity index (χ1) is 11.5. The van der Waals surface area contributed by atoms with Gasteiger partial charge in [-0.2, -0.15) is 5.10 Å². The molecule has 1 aliphatic heterocycles. The number of hydrogen-bond donors (Lipinski definition) is 0. The van der Waals surface area contributed by atoms with E-state index < -0.39 is 0 Å². The zero-order chi connectivity index (χ0) is 16.8. The van der Waals surface area contributed by atoms with Gasteiger partial charge in [-0.3, -0.25) is 9.48 Å². The van der Waals surface area contributed by atoms with Crippen LogP contribution in [0.25, 0.3) is 10.2 Å². The summed E-state index contributed by atoms with van der Waals surface area (Å²) in [5, 5.41) is 6.87. The van der Waals surface area contributed by atoms with Gasteiger partial charge >= 0.3 is 0 Å². The minimum Gasteiger partial charge on any atom is -0.338 e. The Balaban J connectivity index is 1.70. The second kappa shape index (κ2) is 6.06. The van der Waals surface area contributed by atoms with Gasteiger partial charge in [0.2, 0.25) is 0 Å². The first-order valence-electron chi connectivity index (χ1n) is 7.73. The molecule has 1 aromatic carbocycles. The molecule has 1 saturated heterocycles. The largest absolute Gasteiger partial charge is 0.338 e. The molecule has 7 heteroatoms. The number of aryl methyl sites for hydroxylation is 1. The summed E-state index contributed by atoms with van der Waals surface area (Å²) in [6, 6.07) is 7.43. The zero-order valence-corrected chi connectivity index (χ0v) is 15.4. The van der Waals surface area contributed by atoms with Crippen LogP contribution in [0.5, 0.6) is 0 Å². The summed E-state index contributed by atoms with van der Waals surface area (Å²) >= 11 is 13.7. The molecule has 0 unspecified atom stereocenters. The highest BCUT2D eigenvalue weighted by molar-refractivity contribution is 7.20. The monoisotopic (exact) mass is 379 g/mol. The molecule has 0 spiro atoms. The molecule has 3 heterocycles. The third-order valence-electron chi connectivity index (χ3n) is 4.30. The van der Waals surface area contributed by atoms with Crippen LogP contribution >= 0.6 is 34.5 Å². The molecule has 0 radical (unpaired) electrons. The van der Waals surface area contributed by atoms with Crippen molar-refractivity contribution in [1.29, 1.82) is 0 Å². The number of halogens is 2. The highest BCUT2D eigenvalue weighted by Crippen LogP contribution is 2.31. The first-order valence-corrected chi connectivity index (χ1v) is 9.30. The fraction of sp³-hybridized carbons (Fsp3) is 0.294. The van der Waals surface area contributed by atoms with Crippen LogP contribution < -0.4 is 0 Å². The summed E-state index contributed by atoms with van der Waals surface area (Å²) in [5.41, 5.74) is 1.88. The van der Waals surface area contributed by atoms with Crippen molar-refractivity contribution >= 4 is 50.7 Å². The van der Waals surface area contributed by atoms with E-state index in [9.17, 15) is 4.79 Å². The lowest BCUT2D eigenvalue weighted by atomic mass is 10.2. The lowest BCUT2D eigenvalue weighted by Gasteiger charge is -2.30. The summed E-state index contributed by atoms with van der Waals surface area (Å²) in [6.07, 6.45) is 1.10. The topological polar surface area (TPSA) is 38.1 Å². The van der Waals surface area contributed by atoms with E-state index in [1.807, 2.05) is 34.7 Å². The van der Waals surface area contributed by atoms with Crippen LogP contribution in [0.2, 0.25) is 10.0 Å². The van der Waals surface area contributed by atoms with E-state index in [0.717, 1.165) is 45.9 Å². The van der Waals surface area contributed by atoms with Crippen molar-refractivity contribution in [1.82, 2.24) is 14.7 Å². The Hall–Kier alpha value is -1.56. The number of carbonyl (C=O) groups excluding carboxylic acids is 1. The predicted octanol–water partition coefficient (Wildman–Crippen LogP) is 4.61. The quantitative estimate of drug-likeness (QED) is 0.666. The number of fused-ring (bicyclic) bond motifs is 1. The minimum absolute atomic E-state index is 0.123. The number of nitrogens with zero attached hydrogens (tertiary/aromatic N) is 3. The molecule has 2 aromatic heterocycles. The van der Waals surface area contributed by atoms with Crippen LogP contribution in [-0.4, -0.2) is 33.7 Å². The second-order valence-electron chi connectivity index (χ2n) is 5.95. The Morgan fingerprint density at radius 1 is 1.29 bits per heavy atom. The van der Waals surface area contributed by atoms with Gasteiger partial charge in [-0.05, 0) is 37.1 Å². The van der Waals surface area contributed by atoms with Gasteiger partial charge in [-0.1, -0.05) is 29.3 Å². The van der Waals surface area contributed by atoms with Gasteiger partial charge in [0.1, 0.15) is 4.83 Å². The van der Waals surface area contributed by atoms with Crippen molar-refractivity contribution in [3.05, 3.63) is 50.4 Å². The minimum atomic E-state index is 0.123. The summed E-state index contributed by atoms with van der Waals surface area (Å²) in [4.78, 5) is 16.1. The summed E-state index contributed by atoms with van der Waals surface area (Å²) in [5.74, 6) is 0.123. The number of benzene rings is 1. The maximum absolute atomic E-state index is 12.4. The molecule has 4 nitrogen and oxygen atoms in total. The van der Waals surface area contributed by atoms with Crippen molar-refractivity contribution in [3.8, 4) is 0 Å². The Bertz CT molecular complexity index is 943. The molecule has 4 rings (SSSR count). The number of hydrogen-bond acceptors (Lipinski definition) is 3. The molecular formula is C17H15Cl2N3OS. The Morgan fingerprint density at radius 3 is 2.75 bits per heavy atom. The molecule has 124 valence electrons. The molecule has 24 heavy (non-hydrogen) atoms. The molecule has 0 bridgehead atoms. The maximum atomic E-state index is 12.4. The summed E-state index contributed by atoms with van der Waals surface area (Å²) < 4.78 is 1.91. The fourth-order valence-electron chi connectivity index (χ4n) is 2.81. The van der Waals surface area contributed by atoms with E-state index in [1.54, 1.807) is 6.07 Å². The van der Waals surface area contributed by atoms with Gasteiger partial charge in [0.25, 0.3) is 5.91 Å². The Morgan fingerprint density at radius 2 is 2.08 bits per heavy atom. The Kier molecular flexibility index (Phi) is 4.03. The molecule has 0 aliphatic carbocycles. The smallest absolute Gasteiger partial charge is 0.264 e. The highest BCUT2D eigenvalue weighted by Gasteiger charge is 2.24. The number of carbonyl (C=O) groups is 1. The van der Waals surface area contributed by atoms with Gasteiger partial charge in [-0.15, -0.1) is 11.3 Å². The predicted molar refractivity (Wildman–Crippen MR) is 98.4 cm³/mol. The van der Waals surface area contributed by atoms with E-state index in [4.69, 9.17) is 23.2 Å². The van der Waals surface area contributed by atoms with E-state index in [2.05, 4.69) is 5.10 Å². The molecule has 0 N–H and O–H groups in total. The summed E-state index contributed by atoms with van der Waals surface area (Å²) in [6.45, 7) is 4.24. The molecule has 0 atom stereocenters. The summed E-state index contributed by atoms with van der Waals surface area (Å²) in [7, 11) is 0. The molecule has 1 aliphatic rings. The highest BCUT2D eigenvalue weighted by atomic mass is 35.5. The van der Waals surface area contributed by atoms with Crippen molar-refractivity contribution in [2.75, 3.05) is 13.1 Å². The van der Waals surface area contributed by atoms with Crippen molar-refractivity contribution < 1.29 is 4.79 Å². The van der Waals surface area contributed by atoms with Crippen LogP contribution in [0.3, 0.4) is 0 Å². The molecule has 1 amide bonds. The first kappa shape index (κ1) is 15.9. The lowest BCUT2D eigenvalue weighted by Crippen LogP contribution is -2.41. The standard InChI is InChI=1S/C17H15Cl2N3OS/c1-10-13-8-15(16(23)21-5-2-6-21)24-17(13)22(20-10)9-11-3-4-12(18)7-14(11)19/h3-4,7-8H,2,5-6,9H2,1H3. The van der Waals surface area contributed by atoms with Gasteiger partial charge in [0.15, 0.2) is 0 Å². The lowest BCUT2D eigenvalue weighted by molar-refractivity contribution is 0.0657. The number of aromatic nitrogens is 2. The average molecular weight is 380 g/mol. The van der Waals surface area contributed by atoms with Crippen LogP contribution in [0.15, 0.2) is 24.3 Å². The van der Waals surface area contributed by atoms with Crippen LogP contribution in [0.1, 0.15) is 27.3 Å². The average Bonchev–Trinajstić information content (AvgIpc) is 3.02. The zero-order valence-electron chi connectivity index (χ0n) is 13.1. The fourth-order valence-corrected chi connectivity index (χ4v) is 4.41. The van der Waals surface area contributed by atoms with Gasteiger partial charge < -0.3 is 4.90 Å². The third-order valence-corrected chi connectivity index (χ3v) is 6.02. The number of amides is 1. The molecule has 0 saturated carbocycles. The third kappa shape index (κ3) is 2.70. The van der Waals surface area contributed by atoms with E-state index in [0.29, 0.717) is 16.6 Å². The molecular weight excluding hydrogens is 365 g/mol. The van der Waals surface area contributed by atoms with Gasteiger partial charge in [0, 0.05) is 28.5 Å². The molecule has 1 fully saturated rings. The van der Waals surface area contributed by atoms with Crippen molar-refractivity contribution in [2.24, 2.45) is 0 Å². The normalized spacial score (nSPS) is 14.2. The number of likely N-dealkylation sites (tertiary alicyclic amines) is 1. The van der Waals surface area contributed by atoms with Crippen LogP contribution in [0.4, 0.5) is 0 Å². The van der Waals surface area contributed by atoms with Gasteiger partial charge in [0.05, 0.1) is 17.1 Å². The van der Waals surface area contributed by atoms with Crippen molar-refractivity contribution in [2.45, 2.75) is 19.9 Å². The molecule has 3 aromatic rings. The van der Waals surface area contributed by atoms with Crippen molar-refractivity contribution in [3.63, 3.8) is 0 Å². The van der Waals surface area contributed by atoms with E-state index >= 15 is 0 Å². The number of thiophene rings is 1. The SMILES string of the molecule is Cc1nn(Cc2ccc(Cl)cc2Cl)c2sc(C(=O)N3CCC3)cc12. The van der Waals surface area contributed by atoms with Crippen LogP contribution in [0, 0.1) is 6.92 Å². The second-order valence-corrected chi connectivity index (χ2v) is 7.83. The number of rotatable bonds is 3.